The van der Waals surface area contributed by atoms with Crippen LogP contribution in [-0.2, 0) is 6.54 Å². The highest BCUT2D eigenvalue weighted by molar-refractivity contribution is 5.98. The second-order valence-electron chi connectivity index (χ2n) is 6.50. The summed E-state index contributed by atoms with van der Waals surface area (Å²) in [7, 11) is 0. The number of Topliss-reactive ketones (excluding diaryl/α,β-unsaturated/α-hetero) is 1. The molecule has 3 heterocycles. The minimum atomic E-state index is -0.317. The lowest BCUT2D eigenvalue weighted by Gasteiger charge is -2.31. The number of nitrogens with zero attached hydrogens (tertiary/aromatic N) is 4. The molecular formula is C19H19FN4O. The Morgan fingerprint density at radius 1 is 1.28 bits per heavy atom. The summed E-state index contributed by atoms with van der Waals surface area (Å²) >= 11 is 0. The fourth-order valence-corrected chi connectivity index (χ4v) is 3.45. The predicted molar refractivity (Wildman–Crippen MR) is 91.7 cm³/mol. The van der Waals surface area contributed by atoms with E-state index in [-0.39, 0.29) is 17.5 Å². The van der Waals surface area contributed by atoms with E-state index < -0.39 is 0 Å². The van der Waals surface area contributed by atoms with E-state index in [1.54, 1.807) is 18.3 Å². The highest BCUT2D eigenvalue weighted by Crippen LogP contribution is 2.22. The Morgan fingerprint density at radius 2 is 2.12 bits per heavy atom. The minimum Gasteiger partial charge on any atom is -0.297 e. The van der Waals surface area contributed by atoms with Crippen LogP contribution in [0.3, 0.4) is 0 Å². The summed E-state index contributed by atoms with van der Waals surface area (Å²) < 4.78 is 15.0. The summed E-state index contributed by atoms with van der Waals surface area (Å²) in [5.41, 5.74) is 1.54. The van der Waals surface area contributed by atoms with Crippen molar-refractivity contribution in [2.24, 2.45) is 5.92 Å². The van der Waals surface area contributed by atoms with Crippen molar-refractivity contribution >= 4 is 11.6 Å². The molecule has 0 unspecified atom stereocenters. The van der Waals surface area contributed by atoms with E-state index >= 15 is 0 Å². The molecule has 1 atom stereocenters. The lowest BCUT2D eigenvalue weighted by molar-refractivity contribution is 0.0810. The number of halogens is 1. The molecule has 0 radical (unpaired) electrons. The minimum absolute atomic E-state index is 0.0469. The smallest absolute Gasteiger partial charge is 0.233 e. The number of carbonyl (C=O) groups excluding carboxylic acids is 1. The Morgan fingerprint density at radius 3 is 2.92 bits per heavy atom. The number of piperidine rings is 1. The van der Waals surface area contributed by atoms with Gasteiger partial charge in [-0.05, 0) is 49.7 Å². The Bertz CT molecular complexity index is 857. The zero-order valence-electron chi connectivity index (χ0n) is 13.8. The summed E-state index contributed by atoms with van der Waals surface area (Å²) in [5.74, 6) is 0.423. The van der Waals surface area contributed by atoms with Crippen LogP contribution in [0.25, 0.3) is 5.78 Å². The van der Waals surface area contributed by atoms with Gasteiger partial charge in [0.25, 0.3) is 0 Å². The summed E-state index contributed by atoms with van der Waals surface area (Å²) in [5, 5.41) is 0. The van der Waals surface area contributed by atoms with E-state index in [9.17, 15) is 9.18 Å². The van der Waals surface area contributed by atoms with Gasteiger partial charge in [-0.1, -0.05) is 0 Å². The number of benzene rings is 1. The fraction of sp³-hybridized carbons (Fsp3) is 0.316. The van der Waals surface area contributed by atoms with Crippen LogP contribution < -0.4 is 0 Å². The zero-order valence-corrected chi connectivity index (χ0v) is 13.8. The standard InChI is InChI=1S/C19H19FN4O/c20-16-6-4-14(5-7-16)18(25)15-3-1-9-23(11-15)12-17-13-24-10-2-8-21-19(24)22-17/h2,4-8,10,13,15H,1,3,9,11-12H2/t15-/m0/s1. The molecule has 1 aliphatic rings. The maximum Gasteiger partial charge on any atom is 0.233 e. The second-order valence-corrected chi connectivity index (χ2v) is 6.50. The number of carbonyl (C=O) groups is 1. The first-order valence-corrected chi connectivity index (χ1v) is 8.50. The molecule has 0 aliphatic carbocycles. The van der Waals surface area contributed by atoms with Crippen molar-refractivity contribution in [3.8, 4) is 0 Å². The number of ketones is 1. The molecule has 2 aromatic heterocycles. The van der Waals surface area contributed by atoms with Crippen LogP contribution >= 0.6 is 0 Å². The number of fused-ring (bicyclic) bond motifs is 1. The normalized spacial score (nSPS) is 18.5. The van der Waals surface area contributed by atoms with E-state index in [0.717, 1.165) is 25.1 Å². The van der Waals surface area contributed by atoms with Gasteiger partial charge < -0.3 is 0 Å². The lowest BCUT2D eigenvalue weighted by Crippen LogP contribution is -2.38. The maximum atomic E-state index is 13.1. The molecule has 25 heavy (non-hydrogen) atoms. The third-order valence-corrected chi connectivity index (χ3v) is 4.68. The molecule has 1 fully saturated rings. The van der Waals surface area contributed by atoms with Gasteiger partial charge in [-0.3, -0.25) is 14.1 Å². The molecular weight excluding hydrogens is 319 g/mol. The quantitative estimate of drug-likeness (QED) is 0.686. The van der Waals surface area contributed by atoms with Crippen LogP contribution in [0.15, 0.2) is 48.9 Å². The summed E-state index contributed by atoms with van der Waals surface area (Å²) in [4.78, 5) is 23.7. The average molecular weight is 338 g/mol. The van der Waals surface area contributed by atoms with Gasteiger partial charge in [-0.2, -0.15) is 0 Å². The van der Waals surface area contributed by atoms with Crippen LogP contribution in [0.1, 0.15) is 28.9 Å². The number of imidazole rings is 1. The number of aromatic nitrogens is 3. The van der Waals surface area contributed by atoms with Crippen molar-refractivity contribution in [3.05, 3.63) is 66.0 Å². The van der Waals surface area contributed by atoms with Gasteiger partial charge in [-0.25, -0.2) is 14.4 Å². The van der Waals surface area contributed by atoms with Crippen LogP contribution in [-0.4, -0.2) is 38.1 Å². The lowest BCUT2D eigenvalue weighted by atomic mass is 9.90. The van der Waals surface area contributed by atoms with Gasteiger partial charge in [0.1, 0.15) is 5.82 Å². The number of likely N-dealkylation sites (tertiary alicyclic amines) is 1. The first kappa shape index (κ1) is 15.9. The molecule has 3 aromatic rings. The van der Waals surface area contributed by atoms with Gasteiger partial charge in [0, 0.05) is 43.2 Å². The highest BCUT2D eigenvalue weighted by atomic mass is 19.1. The molecule has 0 bridgehead atoms. The molecule has 0 amide bonds. The molecule has 1 aromatic carbocycles. The van der Waals surface area contributed by atoms with Gasteiger partial charge in [0.05, 0.1) is 5.69 Å². The fourth-order valence-electron chi connectivity index (χ4n) is 3.45. The molecule has 5 nitrogen and oxygen atoms in total. The van der Waals surface area contributed by atoms with E-state index in [2.05, 4.69) is 14.9 Å². The number of hydrogen-bond acceptors (Lipinski definition) is 4. The molecule has 6 heteroatoms. The van der Waals surface area contributed by atoms with E-state index in [0.29, 0.717) is 24.4 Å². The Hall–Kier alpha value is -2.60. The zero-order chi connectivity index (χ0) is 17.2. The van der Waals surface area contributed by atoms with E-state index in [4.69, 9.17) is 0 Å². The molecule has 1 aliphatic heterocycles. The average Bonchev–Trinajstić information content (AvgIpc) is 3.04. The van der Waals surface area contributed by atoms with Gasteiger partial charge >= 0.3 is 0 Å². The maximum absolute atomic E-state index is 13.1. The topological polar surface area (TPSA) is 50.5 Å². The summed E-state index contributed by atoms with van der Waals surface area (Å²) in [6.07, 6.45) is 7.48. The highest BCUT2D eigenvalue weighted by Gasteiger charge is 2.27. The molecule has 128 valence electrons. The van der Waals surface area contributed by atoms with Crippen molar-refractivity contribution in [2.75, 3.05) is 13.1 Å². The van der Waals surface area contributed by atoms with Crippen LogP contribution in [0.5, 0.6) is 0 Å². The van der Waals surface area contributed by atoms with Gasteiger partial charge in [-0.15, -0.1) is 0 Å². The third-order valence-electron chi connectivity index (χ3n) is 4.68. The SMILES string of the molecule is O=C(c1ccc(F)cc1)[C@H]1CCCN(Cc2cn3cccnc3n2)C1. The van der Waals surface area contributed by atoms with Gasteiger partial charge in [0.2, 0.25) is 5.78 Å². The third kappa shape index (κ3) is 3.44. The first-order chi connectivity index (χ1) is 12.2. The summed E-state index contributed by atoms with van der Waals surface area (Å²) in [6.45, 7) is 2.36. The molecule has 4 rings (SSSR count). The van der Waals surface area contributed by atoms with E-state index in [1.165, 1.54) is 12.1 Å². The monoisotopic (exact) mass is 338 g/mol. The predicted octanol–water partition coefficient (Wildman–Crippen LogP) is 2.96. The second kappa shape index (κ2) is 6.72. The van der Waals surface area contributed by atoms with Crippen LogP contribution in [0.2, 0.25) is 0 Å². The number of hydrogen-bond donors (Lipinski definition) is 0. The molecule has 1 saturated heterocycles. The molecule has 0 saturated carbocycles. The van der Waals surface area contributed by atoms with Crippen LogP contribution in [0.4, 0.5) is 4.39 Å². The molecule has 0 spiro atoms. The van der Waals surface area contributed by atoms with Crippen molar-refractivity contribution in [1.29, 1.82) is 0 Å². The Balaban J connectivity index is 1.45. The van der Waals surface area contributed by atoms with E-state index in [1.807, 2.05) is 22.9 Å². The Labute approximate surface area is 145 Å². The van der Waals surface area contributed by atoms with Gasteiger partial charge in [0.15, 0.2) is 5.78 Å². The first-order valence-electron chi connectivity index (χ1n) is 8.50. The molecule has 0 N–H and O–H groups in total. The largest absolute Gasteiger partial charge is 0.297 e. The van der Waals surface area contributed by atoms with Crippen LogP contribution in [0, 0.1) is 11.7 Å². The van der Waals surface area contributed by atoms with Crippen molar-refractivity contribution < 1.29 is 9.18 Å². The Kier molecular flexibility index (Phi) is 4.28. The number of rotatable bonds is 4. The van der Waals surface area contributed by atoms with Crippen molar-refractivity contribution in [1.82, 2.24) is 19.3 Å². The summed E-state index contributed by atoms with van der Waals surface area (Å²) in [6, 6.07) is 7.71. The van der Waals surface area contributed by atoms with Crippen molar-refractivity contribution in [3.63, 3.8) is 0 Å². The van der Waals surface area contributed by atoms with Crippen molar-refractivity contribution in [2.45, 2.75) is 19.4 Å².